The lowest BCUT2D eigenvalue weighted by atomic mass is 9.93. The van der Waals surface area contributed by atoms with E-state index in [4.69, 9.17) is 21.4 Å². The average molecular weight is 803 g/mol. The molecule has 6 aromatic rings. The lowest BCUT2D eigenvalue weighted by molar-refractivity contribution is -0.118. The van der Waals surface area contributed by atoms with Crippen LogP contribution >= 0.6 is 0 Å². The van der Waals surface area contributed by atoms with E-state index < -0.39 is 12.2 Å². The van der Waals surface area contributed by atoms with E-state index in [-0.39, 0.29) is 23.7 Å². The number of anilines is 4. The number of aliphatic hydroxyl groups is 2. The van der Waals surface area contributed by atoms with Gasteiger partial charge in [-0.3, -0.25) is 19.6 Å². The molecule has 0 unspecified atom stereocenters. The number of pyridine rings is 6. The summed E-state index contributed by atoms with van der Waals surface area (Å²) in [6.07, 6.45) is 19.7. The van der Waals surface area contributed by atoms with Gasteiger partial charge in [0, 0.05) is 92.8 Å². The van der Waals surface area contributed by atoms with Crippen LogP contribution in [0.4, 0.5) is 23.3 Å². The molecule has 14 nitrogen and oxygen atoms in total. The van der Waals surface area contributed by atoms with Crippen molar-refractivity contribution in [2.24, 2.45) is 11.8 Å². The molecule has 0 saturated heterocycles. The standard InChI is InChI=1S/2C23H23N5O2/c2*1-12-6-7-25-10-17(12)21-20(14-4-5-15(29)8-14)16-9-19(27-23(30)13-2-3-13)26-11-18(16)22(24)28-21/h2*6-11,13,15,29H,2-5H2,1H3,(H2,24,28)(H,26,27,30)/t2*15-/m10/s1. The van der Waals surface area contributed by atoms with Crippen molar-refractivity contribution in [1.82, 2.24) is 29.9 Å². The van der Waals surface area contributed by atoms with Crippen LogP contribution in [0.3, 0.4) is 0 Å². The highest BCUT2D eigenvalue weighted by Crippen LogP contribution is 2.43. The summed E-state index contributed by atoms with van der Waals surface area (Å²) in [7, 11) is 0. The Morgan fingerprint density at radius 1 is 0.617 bits per heavy atom. The summed E-state index contributed by atoms with van der Waals surface area (Å²) < 4.78 is 0. The van der Waals surface area contributed by atoms with Gasteiger partial charge in [0.15, 0.2) is 0 Å². The zero-order valence-corrected chi connectivity index (χ0v) is 33.4. The van der Waals surface area contributed by atoms with Crippen LogP contribution in [0.25, 0.3) is 55.2 Å². The second kappa shape index (κ2) is 15.8. The lowest BCUT2D eigenvalue weighted by Gasteiger charge is -2.17. The third kappa shape index (κ3) is 7.78. The normalized spacial score (nSPS) is 18.5. The molecular formula is C46H46N10O4. The molecule has 2 atom stereocenters. The summed E-state index contributed by atoms with van der Waals surface area (Å²) in [4.78, 5) is 51.3. The number of carbonyl (C=O) groups excluding carboxylic acids is 2. The first-order valence-electron chi connectivity index (χ1n) is 20.4. The highest BCUT2D eigenvalue weighted by atomic mass is 16.3. The maximum absolute atomic E-state index is 12.3. The summed E-state index contributed by atoms with van der Waals surface area (Å²) in [5.41, 5.74) is 21.8. The van der Waals surface area contributed by atoms with Crippen LogP contribution < -0.4 is 22.1 Å². The lowest BCUT2D eigenvalue weighted by Crippen LogP contribution is -2.14. The molecule has 14 heteroatoms. The number of hydrogen-bond donors (Lipinski definition) is 6. The SMILES string of the molecule is Cc1ccncc1-c1nc(N)c2cnc(NC(=O)C3CC3)cc2c1C1=C[C@@H](O)CC1.Cc1ccncc1-c1nc(N)c2cnc(NC(=O)C3CC3)cc2c1C1=C[C@H](O)CC1. The Morgan fingerprint density at radius 3 is 1.38 bits per heavy atom. The number of allylic oxidation sites excluding steroid dienone is 2. The molecule has 2 amide bonds. The van der Waals surface area contributed by atoms with Crippen molar-refractivity contribution in [2.75, 3.05) is 22.1 Å². The number of nitrogens with two attached hydrogens (primary N) is 2. The van der Waals surface area contributed by atoms with E-state index >= 15 is 0 Å². The molecule has 0 aliphatic heterocycles. The van der Waals surface area contributed by atoms with Crippen molar-refractivity contribution < 1.29 is 19.8 Å². The minimum absolute atomic E-state index is 0.00394. The second-order valence-electron chi connectivity index (χ2n) is 16.2. The van der Waals surface area contributed by atoms with Crippen LogP contribution in [0, 0.1) is 25.7 Å². The summed E-state index contributed by atoms with van der Waals surface area (Å²) in [5, 5.41) is 29.3. The third-order valence-corrected chi connectivity index (χ3v) is 11.7. The Hall–Kier alpha value is -6.64. The minimum Gasteiger partial charge on any atom is -0.389 e. The van der Waals surface area contributed by atoms with Crippen LogP contribution in [-0.4, -0.2) is 64.1 Å². The van der Waals surface area contributed by atoms with Gasteiger partial charge in [-0.1, -0.05) is 12.2 Å². The third-order valence-electron chi connectivity index (χ3n) is 11.7. The second-order valence-corrected chi connectivity index (χ2v) is 16.2. The molecule has 2 fully saturated rings. The van der Waals surface area contributed by atoms with Gasteiger partial charge >= 0.3 is 0 Å². The van der Waals surface area contributed by atoms with Gasteiger partial charge in [0.25, 0.3) is 0 Å². The van der Waals surface area contributed by atoms with E-state index in [9.17, 15) is 19.8 Å². The van der Waals surface area contributed by atoms with Gasteiger partial charge in [-0.05, 0) is 112 Å². The maximum atomic E-state index is 12.3. The number of hydrogen-bond acceptors (Lipinski definition) is 12. The van der Waals surface area contributed by atoms with Crippen molar-refractivity contribution in [1.29, 1.82) is 0 Å². The number of aliphatic hydroxyl groups excluding tert-OH is 2. The molecule has 304 valence electrons. The number of fused-ring (bicyclic) bond motifs is 2. The molecule has 0 aromatic carbocycles. The Bertz CT molecular complexity index is 2590. The van der Waals surface area contributed by atoms with Gasteiger partial charge in [-0.15, -0.1) is 0 Å². The Morgan fingerprint density at radius 2 is 1.03 bits per heavy atom. The summed E-state index contributed by atoms with van der Waals surface area (Å²) in [6.45, 7) is 4.02. The maximum Gasteiger partial charge on any atom is 0.228 e. The summed E-state index contributed by atoms with van der Waals surface area (Å²) >= 11 is 0. The fourth-order valence-corrected chi connectivity index (χ4v) is 8.03. The number of nitrogens with one attached hydrogen (secondary N) is 2. The molecule has 0 spiro atoms. The van der Waals surface area contributed by atoms with Crippen LogP contribution in [0.5, 0.6) is 0 Å². The van der Waals surface area contributed by atoms with Crippen LogP contribution in [0.15, 0.2) is 73.6 Å². The highest BCUT2D eigenvalue weighted by molar-refractivity contribution is 6.07. The first kappa shape index (κ1) is 38.9. The van der Waals surface area contributed by atoms with Crippen molar-refractivity contribution in [3.8, 4) is 22.5 Å². The van der Waals surface area contributed by atoms with E-state index in [0.717, 1.165) is 116 Å². The van der Waals surface area contributed by atoms with E-state index in [2.05, 4.69) is 30.6 Å². The number of amides is 2. The highest BCUT2D eigenvalue weighted by Gasteiger charge is 2.32. The number of rotatable bonds is 8. The molecule has 0 radical (unpaired) electrons. The van der Waals surface area contributed by atoms with Crippen molar-refractivity contribution >= 4 is 67.8 Å². The van der Waals surface area contributed by atoms with Gasteiger partial charge < -0.3 is 32.3 Å². The van der Waals surface area contributed by atoms with Crippen LogP contribution in [-0.2, 0) is 9.59 Å². The van der Waals surface area contributed by atoms with E-state index in [0.29, 0.717) is 36.1 Å². The van der Waals surface area contributed by atoms with Gasteiger partial charge in [0.2, 0.25) is 11.8 Å². The molecule has 0 bridgehead atoms. The molecule has 60 heavy (non-hydrogen) atoms. The van der Waals surface area contributed by atoms with Crippen molar-refractivity contribution in [3.05, 3.63) is 95.9 Å². The van der Waals surface area contributed by atoms with Crippen molar-refractivity contribution in [2.45, 2.75) is 77.4 Å². The quantitative estimate of drug-likeness (QED) is 0.0920. The van der Waals surface area contributed by atoms with E-state index in [1.165, 1.54) is 0 Å². The Kier molecular flexibility index (Phi) is 10.3. The van der Waals surface area contributed by atoms with Gasteiger partial charge in [-0.25, -0.2) is 19.9 Å². The zero-order valence-electron chi connectivity index (χ0n) is 33.4. The number of carbonyl (C=O) groups is 2. The van der Waals surface area contributed by atoms with Crippen LogP contribution in [0.1, 0.15) is 73.6 Å². The van der Waals surface area contributed by atoms with Crippen molar-refractivity contribution in [3.63, 3.8) is 0 Å². The predicted octanol–water partition coefficient (Wildman–Crippen LogP) is 6.94. The molecule has 4 aliphatic rings. The van der Waals surface area contributed by atoms with E-state index in [1.54, 1.807) is 37.2 Å². The fourth-order valence-electron chi connectivity index (χ4n) is 8.03. The first-order valence-corrected chi connectivity index (χ1v) is 20.4. The van der Waals surface area contributed by atoms with Crippen LogP contribution in [0.2, 0.25) is 0 Å². The predicted molar refractivity (Wildman–Crippen MR) is 233 cm³/mol. The monoisotopic (exact) mass is 802 g/mol. The van der Waals surface area contributed by atoms with Gasteiger partial charge in [-0.2, -0.15) is 0 Å². The first-order chi connectivity index (χ1) is 29.0. The fraction of sp³-hybridized carbons (Fsp3) is 0.304. The largest absolute Gasteiger partial charge is 0.389 e. The van der Waals surface area contributed by atoms with Gasteiger partial charge in [0.05, 0.1) is 23.6 Å². The Balaban J connectivity index is 0.000000154. The summed E-state index contributed by atoms with van der Waals surface area (Å²) in [5.74, 6) is 1.93. The smallest absolute Gasteiger partial charge is 0.228 e. The molecule has 2 saturated carbocycles. The number of nitrogens with zero attached hydrogens (tertiary/aromatic N) is 6. The molecular weight excluding hydrogens is 757 g/mol. The molecule has 10 rings (SSSR count). The zero-order chi connectivity index (χ0) is 41.7. The van der Waals surface area contributed by atoms with E-state index in [1.807, 2.05) is 50.3 Å². The summed E-state index contributed by atoms with van der Waals surface area (Å²) in [6, 6.07) is 7.60. The topological polar surface area (TPSA) is 228 Å². The van der Waals surface area contributed by atoms with Gasteiger partial charge in [0.1, 0.15) is 23.3 Å². The number of aryl methyl sites for hydroxylation is 2. The average Bonchev–Trinajstić information content (AvgIpc) is 4.18. The molecule has 6 heterocycles. The molecule has 8 N–H and O–H groups in total. The Labute approximate surface area is 346 Å². The number of aromatic nitrogens is 6. The number of nitrogen functional groups attached to an aromatic ring is 2. The minimum atomic E-state index is -0.480. The molecule has 4 aliphatic carbocycles. The molecule has 6 aromatic heterocycles.